The van der Waals surface area contributed by atoms with E-state index in [9.17, 15) is 12.8 Å². The first-order chi connectivity index (χ1) is 7.34. The maximum Gasteiger partial charge on any atom is 0.243 e. The largest absolute Gasteiger partial charge is 0.387 e. The number of hydrogen-bond donors (Lipinski definition) is 2. The zero-order chi connectivity index (χ0) is 12.3. The average Bonchev–Trinajstić information content (AvgIpc) is 2.16. The van der Waals surface area contributed by atoms with E-state index in [0.717, 1.165) is 16.4 Å². The molecule has 0 saturated carbocycles. The fourth-order valence-electron chi connectivity index (χ4n) is 1.13. The van der Waals surface area contributed by atoms with Crippen LogP contribution in [0.4, 0.5) is 4.39 Å². The first kappa shape index (κ1) is 12.6. The third-order valence-electron chi connectivity index (χ3n) is 1.90. The van der Waals surface area contributed by atoms with Gasteiger partial charge < -0.3 is 5.73 Å². The van der Waals surface area contributed by atoms with E-state index in [0.29, 0.717) is 0 Å². The quantitative estimate of drug-likeness (QED) is 0.594. The van der Waals surface area contributed by atoms with Gasteiger partial charge in [0.25, 0.3) is 0 Å². The number of nitrogens with two attached hydrogens (primary N) is 1. The summed E-state index contributed by atoms with van der Waals surface area (Å²) in [6.45, 7) is -0.223. The molecule has 0 atom stereocenters. The number of nitrogens with one attached hydrogen (secondary N) is 1. The highest BCUT2D eigenvalue weighted by molar-refractivity contribution is 7.89. The van der Waals surface area contributed by atoms with E-state index in [4.69, 9.17) is 11.1 Å². The monoisotopic (exact) mass is 245 g/mol. The lowest BCUT2D eigenvalue weighted by atomic mass is 10.4. The lowest BCUT2D eigenvalue weighted by Gasteiger charge is -2.16. The van der Waals surface area contributed by atoms with Crippen LogP contribution in [0.2, 0.25) is 0 Å². The second kappa shape index (κ2) is 4.58. The van der Waals surface area contributed by atoms with Gasteiger partial charge in [-0.3, -0.25) is 5.41 Å². The molecule has 0 bridgehead atoms. The highest BCUT2D eigenvalue weighted by Crippen LogP contribution is 2.14. The third kappa shape index (κ3) is 2.77. The molecule has 0 amide bonds. The molecule has 0 aliphatic heterocycles. The standard InChI is InChI=1S/C9H12FN3O2S/c1-13(6-9(11)12)16(14,15)8-4-2-3-7(10)5-8/h2-5H,6H2,1H3,(H3,11,12). The van der Waals surface area contributed by atoms with E-state index < -0.39 is 15.8 Å². The minimum Gasteiger partial charge on any atom is -0.387 e. The summed E-state index contributed by atoms with van der Waals surface area (Å²) in [5, 5.41) is 7.01. The van der Waals surface area contributed by atoms with Crippen LogP contribution in [0.3, 0.4) is 0 Å². The Bertz CT molecular complexity index is 501. The fourth-order valence-corrected chi connectivity index (χ4v) is 2.31. The van der Waals surface area contributed by atoms with Gasteiger partial charge >= 0.3 is 0 Å². The van der Waals surface area contributed by atoms with Crippen LogP contribution in [0, 0.1) is 11.2 Å². The summed E-state index contributed by atoms with van der Waals surface area (Å²) in [7, 11) is -2.50. The summed E-state index contributed by atoms with van der Waals surface area (Å²) in [5.41, 5.74) is 5.10. The van der Waals surface area contributed by atoms with E-state index in [-0.39, 0.29) is 17.3 Å². The SMILES string of the molecule is CN(CC(=N)N)S(=O)(=O)c1cccc(F)c1. The van der Waals surface area contributed by atoms with Crippen LogP contribution in [-0.2, 0) is 10.0 Å². The van der Waals surface area contributed by atoms with Crippen molar-refractivity contribution in [1.82, 2.24) is 4.31 Å². The lowest BCUT2D eigenvalue weighted by Crippen LogP contribution is -2.35. The van der Waals surface area contributed by atoms with Crippen molar-refractivity contribution in [2.24, 2.45) is 5.73 Å². The van der Waals surface area contributed by atoms with Crippen LogP contribution in [0.25, 0.3) is 0 Å². The molecule has 0 aliphatic carbocycles. The van der Waals surface area contributed by atoms with Gasteiger partial charge in [-0.25, -0.2) is 12.8 Å². The predicted octanol–water partition coefficient (Wildman–Crippen LogP) is 0.382. The lowest BCUT2D eigenvalue weighted by molar-refractivity contribution is 0.503. The molecule has 5 nitrogen and oxygen atoms in total. The van der Waals surface area contributed by atoms with E-state index >= 15 is 0 Å². The predicted molar refractivity (Wildman–Crippen MR) is 58.1 cm³/mol. The molecular formula is C9H12FN3O2S. The van der Waals surface area contributed by atoms with Gasteiger partial charge in [0.2, 0.25) is 10.0 Å². The van der Waals surface area contributed by atoms with Crippen molar-refractivity contribution in [2.45, 2.75) is 4.90 Å². The van der Waals surface area contributed by atoms with Crippen LogP contribution < -0.4 is 5.73 Å². The first-order valence-electron chi connectivity index (χ1n) is 4.39. The van der Waals surface area contributed by atoms with Gasteiger partial charge in [0.15, 0.2) is 0 Å². The Morgan fingerprint density at radius 1 is 1.56 bits per heavy atom. The van der Waals surface area contributed by atoms with Gasteiger partial charge in [0.1, 0.15) is 11.7 Å². The zero-order valence-electron chi connectivity index (χ0n) is 8.64. The molecule has 1 aromatic carbocycles. The second-order valence-electron chi connectivity index (χ2n) is 3.24. The first-order valence-corrected chi connectivity index (χ1v) is 5.83. The van der Waals surface area contributed by atoms with Crippen molar-refractivity contribution in [1.29, 1.82) is 5.41 Å². The number of nitrogens with zero attached hydrogens (tertiary/aromatic N) is 1. The molecule has 7 heteroatoms. The molecule has 0 saturated heterocycles. The Morgan fingerprint density at radius 3 is 2.69 bits per heavy atom. The number of likely N-dealkylation sites (N-methyl/N-ethyl adjacent to an activating group) is 1. The van der Waals surface area contributed by atoms with Crippen molar-refractivity contribution < 1.29 is 12.8 Å². The minimum atomic E-state index is -3.78. The van der Waals surface area contributed by atoms with Gasteiger partial charge in [0.05, 0.1) is 11.4 Å². The van der Waals surface area contributed by atoms with Crippen molar-refractivity contribution in [3.05, 3.63) is 30.1 Å². The number of benzene rings is 1. The minimum absolute atomic E-state index is 0.156. The molecule has 16 heavy (non-hydrogen) atoms. The summed E-state index contributed by atoms with van der Waals surface area (Å²) in [5.74, 6) is -0.903. The Hall–Kier alpha value is -1.47. The van der Waals surface area contributed by atoms with Gasteiger partial charge in [-0.15, -0.1) is 0 Å². The van der Waals surface area contributed by atoms with Gasteiger partial charge in [-0.05, 0) is 18.2 Å². The van der Waals surface area contributed by atoms with Crippen LogP contribution in [0.15, 0.2) is 29.2 Å². The van der Waals surface area contributed by atoms with E-state index in [1.807, 2.05) is 0 Å². The second-order valence-corrected chi connectivity index (χ2v) is 5.29. The van der Waals surface area contributed by atoms with Crippen molar-refractivity contribution in [2.75, 3.05) is 13.6 Å². The number of halogens is 1. The molecule has 0 spiro atoms. The molecular weight excluding hydrogens is 233 g/mol. The van der Waals surface area contributed by atoms with Gasteiger partial charge in [0, 0.05) is 7.05 Å². The maximum atomic E-state index is 12.9. The Morgan fingerprint density at radius 2 is 2.19 bits per heavy atom. The summed E-state index contributed by atoms with van der Waals surface area (Å²) in [6, 6.07) is 4.68. The topological polar surface area (TPSA) is 87.2 Å². The van der Waals surface area contributed by atoms with Crippen molar-refractivity contribution >= 4 is 15.9 Å². The maximum absolute atomic E-state index is 12.9. The number of sulfonamides is 1. The molecule has 0 unspecified atom stereocenters. The zero-order valence-corrected chi connectivity index (χ0v) is 9.46. The molecule has 0 fully saturated rings. The molecule has 88 valence electrons. The Kier molecular flexibility index (Phi) is 3.61. The highest BCUT2D eigenvalue weighted by Gasteiger charge is 2.21. The summed E-state index contributed by atoms with van der Waals surface area (Å²) in [4.78, 5) is -0.156. The summed E-state index contributed by atoms with van der Waals surface area (Å²) in [6.07, 6.45) is 0. The van der Waals surface area contributed by atoms with E-state index in [1.165, 1.54) is 19.2 Å². The normalized spacial score (nSPS) is 11.7. The van der Waals surface area contributed by atoms with Gasteiger partial charge in [-0.2, -0.15) is 4.31 Å². The Labute approximate surface area is 93.2 Å². The molecule has 0 heterocycles. The molecule has 1 aromatic rings. The third-order valence-corrected chi connectivity index (χ3v) is 3.70. The van der Waals surface area contributed by atoms with Crippen LogP contribution >= 0.6 is 0 Å². The van der Waals surface area contributed by atoms with E-state index in [1.54, 1.807) is 0 Å². The molecule has 0 radical (unpaired) electrons. The Balaban J connectivity index is 3.07. The molecule has 0 aromatic heterocycles. The van der Waals surface area contributed by atoms with Crippen LogP contribution in [0.1, 0.15) is 0 Å². The average molecular weight is 245 g/mol. The highest BCUT2D eigenvalue weighted by atomic mass is 32.2. The van der Waals surface area contributed by atoms with Crippen molar-refractivity contribution in [3.8, 4) is 0 Å². The van der Waals surface area contributed by atoms with E-state index in [2.05, 4.69) is 0 Å². The van der Waals surface area contributed by atoms with Gasteiger partial charge in [-0.1, -0.05) is 6.07 Å². The summed E-state index contributed by atoms with van der Waals surface area (Å²) < 4.78 is 37.4. The van der Waals surface area contributed by atoms with Crippen LogP contribution in [-0.4, -0.2) is 32.2 Å². The fraction of sp³-hybridized carbons (Fsp3) is 0.222. The molecule has 0 aliphatic rings. The molecule has 1 rings (SSSR count). The number of amidine groups is 1. The van der Waals surface area contributed by atoms with Crippen LogP contribution in [0.5, 0.6) is 0 Å². The summed E-state index contributed by atoms with van der Waals surface area (Å²) >= 11 is 0. The molecule has 3 N–H and O–H groups in total. The number of rotatable bonds is 4. The smallest absolute Gasteiger partial charge is 0.243 e. The number of hydrogen-bond acceptors (Lipinski definition) is 3. The van der Waals surface area contributed by atoms with Crippen molar-refractivity contribution in [3.63, 3.8) is 0 Å².